The molecular weight excluding hydrogens is 240 g/mol. The summed E-state index contributed by atoms with van der Waals surface area (Å²) in [5, 5.41) is 0. The first-order chi connectivity index (χ1) is 7.88. The van der Waals surface area contributed by atoms with Crippen molar-refractivity contribution < 1.29 is 8.42 Å². The Balaban J connectivity index is 3.01. The summed E-state index contributed by atoms with van der Waals surface area (Å²) in [5.74, 6) is 0.638. The van der Waals surface area contributed by atoms with Crippen molar-refractivity contribution in [3.63, 3.8) is 0 Å². The Morgan fingerprint density at radius 2 is 1.35 bits per heavy atom. The molecule has 0 aromatic carbocycles. The van der Waals surface area contributed by atoms with E-state index in [1.54, 1.807) is 0 Å². The van der Waals surface area contributed by atoms with Gasteiger partial charge in [-0.25, -0.2) is 9.44 Å². The van der Waals surface area contributed by atoms with Gasteiger partial charge in [0.25, 0.3) is 0 Å². The van der Waals surface area contributed by atoms with Crippen molar-refractivity contribution in [2.24, 2.45) is 9.98 Å². The SMILES string of the molecule is CCC(C)N=C1NS(=O)(=O)NC1=NC(C)CC. The van der Waals surface area contributed by atoms with Crippen LogP contribution in [0.4, 0.5) is 0 Å². The zero-order chi connectivity index (χ0) is 13.1. The average molecular weight is 260 g/mol. The van der Waals surface area contributed by atoms with Gasteiger partial charge in [0.2, 0.25) is 0 Å². The highest BCUT2D eigenvalue weighted by Crippen LogP contribution is 2.04. The first kappa shape index (κ1) is 14.0. The molecule has 0 spiro atoms. The van der Waals surface area contributed by atoms with E-state index in [0.29, 0.717) is 11.7 Å². The second-order valence-corrected chi connectivity index (χ2v) is 5.59. The van der Waals surface area contributed by atoms with E-state index in [1.165, 1.54) is 0 Å². The van der Waals surface area contributed by atoms with Crippen molar-refractivity contribution in [2.75, 3.05) is 0 Å². The Morgan fingerprint density at radius 3 is 1.65 bits per heavy atom. The third kappa shape index (κ3) is 3.99. The fraction of sp³-hybridized carbons (Fsp3) is 0.800. The van der Waals surface area contributed by atoms with Crippen molar-refractivity contribution in [1.82, 2.24) is 9.44 Å². The van der Waals surface area contributed by atoms with Gasteiger partial charge < -0.3 is 0 Å². The van der Waals surface area contributed by atoms with E-state index in [9.17, 15) is 8.42 Å². The fourth-order valence-electron chi connectivity index (χ4n) is 1.18. The molecule has 2 atom stereocenters. The van der Waals surface area contributed by atoms with Crippen LogP contribution in [0, 0.1) is 0 Å². The van der Waals surface area contributed by atoms with Gasteiger partial charge in [0.05, 0.1) is 0 Å². The Bertz CT molecular complexity index is 394. The topological polar surface area (TPSA) is 82.9 Å². The minimum absolute atomic E-state index is 0.0646. The van der Waals surface area contributed by atoms with Crippen molar-refractivity contribution >= 4 is 21.9 Å². The number of amidine groups is 2. The van der Waals surface area contributed by atoms with E-state index in [2.05, 4.69) is 19.4 Å². The van der Waals surface area contributed by atoms with Crippen molar-refractivity contribution in [1.29, 1.82) is 0 Å². The summed E-state index contributed by atoms with van der Waals surface area (Å²) < 4.78 is 27.5. The molecule has 0 radical (unpaired) electrons. The van der Waals surface area contributed by atoms with E-state index in [1.807, 2.05) is 27.7 Å². The van der Waals surface area contributed by atoms with Gasteiger partial charge in [-0.1, -0.05) is 13.8 Å². The molecule has 2 N–H and O–H groups in total. The molecule has 0 aromatic heterocycles. The summed E-state index contributed by atoms with van der Waals surface area (Å²) in [6.07, 6.45) is 1.70. The molecule has 1 rings (SSSR count). The van der Waals surface area contributed by atoms with Crippen LogP contribution in [0.3, 0.4) is 0 Å². The third-order valence-corrected chi connectivity index (χ3v) is 3.49. The molecule has 1 aliphatic heterocycles. The van der Waals surface area contributed by atoms with E-state index < -0.39 is 10.2 Å². The number of nitrogens with one attached hydrogen (secondary N) is 2. The molecule has 7 heteroatoms. The third-order valence-electron chi connectivity index (χ3n) is 2.57. The molecule has 1 saturated heterocycles. The lowest BCUT2D eigenvalue weighted by molar-refractivity contribution is 0.591. The van der Waals surface area contributed by atoms with Gasteiger partial charge in [-0.3, -0.25) is 9.98 Å². The smallest absolute Gasteiger partial charge is 0.261 e. The minimum Gasteiger partial charge on any atom is -0.261 e. The Labute approximate surface area is 103 Å². The van der Waals surface area contributed by atoms with Crippen LogP contribution in [0.1, 0.15) is 40.5 Å². The van der Waals surface area contributed by atoms with E-state index in [4.69, 9.17) is 0 Å². The number of hydrogen-bond acceptors (Lipinski definition) is 4. The number of rotatable bonds is 4. The standard InChI is InChI=1S/C10H20N4O2S/c1-5-7(3)11-9-10(12-8(4)6-2)14-17(15,16)13-9/h7-8H,5-6H2,1-4H3,(H,11,13)(H,12,14). The maximum Gasteiger partial charge on any atom is 0.324 e. The normalized spacial score (nSPS) is 26.6. The summed E-state index contributed by atoms with van der Waals surface area (Å²) >= 11 is 0. The lowest BCUT2D eigenvalue weighted by Gasteiger charge is -2.05. The average Bonchev–Trinajstić information content (AvgIpc) is 2.52. The number of aliphatic imine (C=N–C) groups is 2. The number of hydrogen-bond donors (Lipinski definition) is 2. The molecule has 0 amide bonds. The number of nitrogens with zero attached hydrogens (tertiary/aromatic N) is 2. The molecule has 0 bridgehead atoms. The van der Waals surface area contributed by atoms with Crippen LogP contribution in [0.25, 0.3) is 0 Å². The van der Waals surface area contributed by atoms with Crippen LogP contribution in [0.5, 0.6) is 0 Å². The second-order valence-electron chi connectivity index (χ2n) is 4.18. The Hall–Kier alpha value is -1.11. The van der Waals surface area contributed by atoms with E-state index >= 15 is 0 Å². The maximum absolute atomic E-state index is 11.4. The van der Waals surface area contributed by atoms with Gasteiger partial charge in [-0.2, -0.15) is 8.42 Å². The lowest BCUT2D eigenvalue weighted by atomic mass is 10.2. The van der Waals surface area contributed by atoms with Crippen molar-refractivity contribution in [3.05, 3.63) is 0 Å². The molecule has 6 nitrogen and oxygen atoms in total. The van der Waals surface area contributed by atoms with Crippen LogP contribution in [-0.2, 0) is 10.2 Å². The van der Waals surface area contributed by atoms with Gasteiger partial charge in [-0.15, -0.1) is 0 Å². The fourth-order valence-corrected chi connectivity index (χ4v) is 2.03. The maximum atomic E-state index is 11.4. The van der Waals surface area contributed by atoms with Crippen LogP contribution in [0.15, 0.2) is 9.98 Å². The molecule has 1 aliphatic rings. The van der Waals surface area contributed by atoms with Crippen molar-refractivity contribution in [3.8, 4) is 0 Å². The van der Waals surface area contributed by atoms with Crippen LogP contribution < -0.4 is 9.44 Å². The highest BCUT2D eigenvalue weighted by atomic mass is 32.2. The van der Waals surface area contributed by atoms with Crippen LogP contribution in [-0.4, -0.2) is 32.2 Å². The Kier molecular flexibility index (Phi) is 4.50. The zero-order valence-corrected chi connectivity index (χ0v) is 11.5. The second kappa shape index (κ2) is 5.48. The molecule has 0 aliphatic carbocycles. The largest absolute Gasteiger partial charge is 0.324 e. The predicted octanol–water partition coefficient (Wildman–Crippen LogP) is 0.818. The summed E-state index contributed by atoms with van der Waals surface area (Å²) in [4.78, 5) is 8.58. The monoisotopic (exact) mass is 260 g/mol. The lowest BCUT2D eigenvalue weighted by Crippen LogP contribution is -2.25. The molecule has 2 unspecified atom stereocenters. The first-order valence-corrected chi connectivity index (χ1v) is 7.32. The molecular formula is C10H20N4O2S. The molecule has 1 fully saturated rings. The highest BCUT2D eigenvalue weighted by Gasteiger charge is 2.28. The van der Waals surface area contributed by atoms with Crippen molar-refractivity contribution in [2.45, 2.75) is 52.6 Å². The molecule has 0 aromatic rings. The molecule has 1 heterocycles. The summed E-state index contributed by atoms with van der Waals surface area (Å²) in [7, 11) is -3.51. The van der Waals surface area contributed by atoms with Crippen LogP contribution in [0.2, 0.25) is 0 Å². The van der Waals surface area contributed by atoms with E-state index in [-0.39, 0.29) is 12.1 Å². The quantitative estimate of drug-likeness (QED) is 0.784. The zero-order valence-electron chi connectivity index (χ0n) is 10.7. The summed E-state index contributed by atoms with van der Waals surface area (Å²) in [6.45, 7) is 7.86. The van der Waals surface area contributed by atoms with Crippen LogP contribution >= 0.6 is 0 Å². The Morgan fingerprint density at radius 1 is 1.00 bits per heavy atom. The van der Waals surface area contributed by atoms with Gasteiger partial charge in [0, 0.05) is 12.1 Å². The predicted molar refractivity (Wildman–Crippen MR) is 69.6 cm³/mol. The molecule has 98 valence electrons. The first-order valence-electron chi connectivity index (χ1n) is 5.84. The minimum atomic E-state index is -3.51. The molecule has 17 heavy (non-hydrogen) atoms. The van der Waals surface area contributed by atoms with Gasteiger partial charge in [0.15, 0.2) is 11.7 Å². The summed E-state index contributed by atoms with van der Waals surface area (Å²) in [6, 6.07) is 0.129. The highest BCUT2D eigenvalue weighted by molar-refractivity contribution is 7.89. The van der Waals surface area contributed by atoms with Gasteiger partial charge >= 0.3 is 10.2 Å². The van der Waals surface area contributed by atoms with Gasteiger partial charge in [0.1, 0.15) is 0 Å². The van der Waals surface area contributed by atoms with Gasteiger partial charge in [-0.05, 0) is 26.7 Å². The molecule has 0 saturated carbocycles. The summed E-state index contributed by atoms with van der Waals surface area (Å²) in [5.41, 5.74) is 0. The van der Waals surface area contributed by atoms with E-state index in [0.717, 1.165) is 12.8 Å².